The Labute approximate surface area is 116 Å². The van der Waals surface area contributed by atoms with Gasteiger partial charge in [0.25, 0.3) is 0 Å². The standard InChI is InChI=1S/C14H16N2O4/c1-20-14(19)10-4-2-9(3-5-10)8-15-13(18)11-6-7-12(17)16-11/h2-5,11H,6-8H2,1H3,(H,15,18)(H,16,17). The van der Waals surface area contributed by atoms with Crippen LogP contribution in [0.15, 0.2) is 24.3 Å². The number of nitrogens with one attached hydrogen (secondary N) is 2. The molecule has 1 saturated heterocycles. The summed E-state index contributed by atoms with van der Waals surface area (Å²) < 4.78 is 4.60. The maximum absolute atomic E-state index is 11.8. The van der Waals surface area contributed by atoms with Gasteiger partial charge in [0.1, 0.15) is 6.04 Å². The summed E-state index contributed by atoms with van der Waals surface area (Å²) in [5.74, 6) is -0.672. The Hall–Kier alpha value is -2.37. The lowest BCUT2D eigenvalue weighted by Gasteiger charge is -2.11. The lowest BCUT2D eigenvalue weighted by atomic mass is 10.1. The fourth-order valence-electron chi connectivity index (χ4n) is 2.00. The quantitative estimate of drug-likeness (QED) is 0.778. The Bertz CT molecular complexity index is 524. The van der Waals surface area contributed by atoms with E-state index < -0.39 is 12.0 Å². The van der Waals surface area contributed by atoms with Crippen molar-refractivity contribution in [3.63, 3.8) is 0 Å². The van der Waals surface area contributed by atoms with Gasteiger partial charge < -0.3 is 15.4 Å². The van der Waals surface area contributed by atoms with Crippen molar-refractivity contribution in [1.82, 2.24) is 10.6 Å². The van der Waals surface area contributed by atoms with Gasteiger partial charge in [0.15, 0.2) is 0 Å². The molecule has 6 nitrogen and oxygen atoms in total. The van der Waals surface area contributed by atoms with Crippen LogP contribution < -0.4 is 10.6 Å². The highest BCUT2D eigenvalue weighted by Gasteiger charge is 2.26. The molecule has 0 aromatic heterocycles. The summed E-state index contributed by atoms with van der Waals surface area (Å²) in [6.07, 6.45) is 0.928. The molecular formula is C14H16N2O4. The number of hydrogen-bond acceptors (Lipinski definition) is 4. The number of hydrogen-bond donors (Lipinski definition) is 2. The summed E-state index contributed by atoms with van der Waals surface area (Å²) in [6, 6.07) is 6.35. The van der Waals surface area contributed by atoms with Crippen LogP contribution in [0.25, 0.3) is 0 Å². The molecule has 1 heterocycles. The van der Waals surface area contributed by atoms with E-state index in [-0.39, 0.29) is 11.8 Å². The van der Waals surface area contributed by atoms with Crippen molar-refractivity contribution in [3.05, 3.63) is 35.4 Å². The Balaban J connectivity index is 1.86. The first-order valence-electron chi connectivity index (χ1n) is 6.34. The van der Waals surface area contributed by atoms with Crippen LogP contribution in [-0.4, -0.2) is 30.9 Å². The van der Waals surface area contributed by atoms with Crippen LogP contribution >= 0.6 is 0 Å². The zero-order valence-electron chi connectivity index (χ0n) is 11.1. The molecule has 20 heavy (non-hydrogen) atoms. The second kappa shape index (κ2) is 6.18. The smallest absolute Gasteiger partial charge is 0.337 e. The maximum atomic E-state index is 11.8. The van der Waals surface area contributed by atoms with E-state index in [1.807, 2.05) is 0 Å². The van der Waals surface area contributed by atoms with Gasteiger partial charge in [-0.05, 0) is 24.1 Å². The van der Waals surface area contributed by atoms with E-state index in [1.165, 1.54) is 7.11 Å². The van der Waals surface area contributed by atoms with Gasteiger partial charge in [-0.3, -0.25) is 9.59 Å². The van der Waals surface area contributed by atoms with Crippen LogP contribution in [0, 0.1) is 0 Å². The molecule has 0 bridgehead atoms. The van der Waals surface area contributed by atoms with Crippen LogP contribution in [0.3, 0.4) is 0 Å². The van der Waals surface area contributed by atoms with Gasteiger partial charge in [-0.15, -0.1) is 0 Å². The second-order valence-corrected chi connectivity index (χ2v) is 4.57. The lowest BCUT2D eigenvalue weighted by Crippen LogP contribution is -2.41. The molecule has 1 aromatic rings. The normalized spacial score (nSPS) is 17.4. The van der Waals surface area contributed by atoms with Gasteiger partial charge >= 0.3 is 5.97 Å². The molecule has 1 fully saturated rings. The number of amides is 2. The Morgan fingerprint density at radius 3 is 2.60 bits per heavy atom. The Morgan fingerprint density at radius 2 is 2.05 bits per heavy atom. The SMILES string of the molecule is COC(=O)c1ccc(CNC(=O)C2CCC(=O)N2)cc1. The molecule has 1 aromatic carbocycles. The molecule has 1 aliphatic rings. The van der Waals surface area contributed by atoms with Gasteiger partial charge in [0, 0.05) is 13.0 Å². The van der Waals surface area contributed by atoms with Gasteiger partial charge in [-0.1, -0.05) is 12.1 Å². The molecule has 0 saturated carbocycles. The number of rotatable bonds is 4. The minimum absolute atomic E-state index is 0.0902. The molecule has 0 aliphatic carbocycles. The van der Waals surface area contributed by atoms with E-state index in [0.29, 0.717) is 24.9 Å². The first kappa shape index (κ1) is 14.0. The first-order chi connectivity index (χ1) is 9.60. The summed E-state index contributed by atoms with van der Waals surface area (Å²) in [5.41, 5.74) is 1.33. The Kier molecular flexibility index (Phi) is 4.34. The monoisotopic (exact) mass is 276 g/mol. The van der Waals surface area contributed by atoms with Crippen LogP contribution in [0.5, 0.6) is 0 Å². The first-order valence-corrected chi connectivity index (χ1v) is 6.34. The third kappa shape index (κ3) is 3.34. The largest absolute Gasteiger partial charge is 0.465 e. The van der Waals surface area contributed by atoms with Gasteiger partial charge in [-0.25, -0.2) is 4.79 Å². The van der Waals surface area contributed by atoms with E-state index in [4.69, 9.17) is 0 Å². The fourth-order valence-corrected chi connectivity index (χ4v) is 2.00. The summed E-state index contributed by atoms with van der Waals surface area (Å²) in [6.45, 7) is 0.354. The van der Waals surface area contributed by atoms with E-state index in [0.717, 1.165) is 5.56 Å². The van der Waals surface area contributed by atoms with Crippen molar-refractivity contribution in [2.75, 3.05) is 7.11 Å². The summed E-state index contributed by atoms with van der Waals surface area (Å²) in [5, 5.41) is 5.36. The van der Waals surface area contributed by atoms with E-state index in [1.54, 1.807) is 24.3 Å². The molecule has 6 heteroatoms. The highest BCUT2D eigenvalue weighted by molar-refractivity contribution is 5.91. The Morgan fingerprint density at radius 1 is 1.35 bits per heavy atom. The van der Waals surface area contributed by atoms with E-state index >= 15 is 0 Å². The molecule has 1 atom stereocenters. The molecule has 0 spiro atoms. The van der Waals surface area contributed by atoms with Crippen LogP contribution in [0.1, 0.15) is 28.8 Å². The summed E-state index contributed by atoms with van der Waals surface area (Å²) in [7, 11) is 1.33. The van der Waals surface area contributed by atoms with Gasteiger partial charge in [0.05, 0.1) is 12.7 Å². The maximum Gasteiger partial charge on any atom is 0.337 e. The molecule has 0 radical (unpaired) electrons. The minimum Gasteiger partial charge on any atom is -0.465 e. The average molecular weight is 276 g/mol. The van der Waals surface area contributed by atoms with Gasteiger partial charge in [-0.2, -0.15) is 0 Å². The third-order valence-electron chi connectivity index (χ3n) is 3.15. The predicted octanol–water partition coefficient (Wildman–Crippen LogP) is 0.368. The van der Waals surface area contributed by atoms with Crippen LogP contribution in [0.4, 0.5) is 0 Å². The van der Waals surface area contributed by atoms with E-state index in [9.17, 15) is 14.4 Å². The fraction of sp³-hybridized carbons (Fsp3) is 0.357. The zero-order chi connectivity index (χ0) is 14.5. The molecule has 1 aliphatic heterocycles. The number of benzene rings is 1. The highest BCUT2D eigenvalue weighted by atomic mass is 16.5. The van der Waals surface area contributed by atoms with E-state index in [2.05, 4.69) is 15.4 Å². The molecule has 2 rings (SSSR count). The predicted molar refractivity (Wildman–Crippen MR) is 70.8 cm³/mol. The van der Waals surface area contributed by atoms with Crippen LogP contribution in [0.2, 0.25) is 0 Å². The van der Waals surface area contributed by atoms with Gasteiger partial charge in [0.2, 0.25) is 11.8 Å². The number of carbonyl (C=O) groups is 3. The van der Waals surface area contributed by atoms with Crippen molar-refractivity contribution in [2.45, 2.75) is 25.4 Å². The second-order valence-electron chi connectivity index (χ2n) is 4.57. The average Bonchev–Trinajstić information content (AvgIpc) is 2.91. The summed E-state index contributed by atoms with van der Waals surface area (Å²) >= 11 is 0. The molecule has 106 valence electrons. The zero-order valence-corrected chi connectivity index (χ0v) is 11.1. The molecule has 1 unspecified atom stereocenters. The van der Waals surface area contributed by atoms with Crippen molar-refractivity contribution >= 4 is 17.8 Å². The number of esters is 1. The number of ether oxygens (including phenoxy) is 1. The van der Waals surface area contributed by atoms with Crippen LogP contribution in [-0.2, 0) is 20.9 Å². The highest BCUT2D eigenvalue weighted by Crippen LogP contribution is 2.08. The van der Waals surface area contributed by atoms with Crippen molar-refractivity contribution < 1.29 is 19.1 Å². The lowest BCUT2D eigenvalue weighted by molar-refractivity contribution is -0.125. The minimum atomic E-state index is -0.433. The number of methoxy groups -OCH3 is 1. The third-order valence-corrected chi connectivity index (χ3v) is 3.15. The molecule has 2 amide bonds. The summed E-state index contributed by atoms with van der Waals surface area (Å²) in [4.78, 5) is 34.1. The topological polar surface area (TPSA) is 84.5 Å². The van der Waals surface area contributed by atoms with Crippen molar-refractivity contribution in [2.24, 2.45) is 0 Å². The van der Waals surface area contributed by atoms with Crippen molar-refractivity contribution in [3.8, 4) is 0 Å². The van der Waals surface area contributed by atoms with Crippen molar-refractivity contribution in [1.29, 1.82) is 0 Å². The number of carbonyl (C=O) groups excluding carboxylic acids is 3. The molecular weight excluding hydrogens is 260 g/mol. The molecule has 2 N–H and O–H groups in total.